The number of nitrogens with zero attached hydrogens (tertiary/aromatic N) is 1. The van der Waals surface area contributed by atoms with Crippen molar-refractivity contribution < 1.29 is 0 Å². The van der Waals surface area contributed by atoms with Crippen molar-refractivity contribution in [3.8, 4) is 0 Å². The zero-order valence-corrected chi connectivity index (χ0v) is 4.10. The van der Waals surface area contributed by atoms with Gasteiger partial charge in [0.15, 0.2) is 0 Å². The maximum Gasteiger partial charge on any atom is 0.0921 e. The van der Waals surface area contributed by atoms with Crippen LogP contribution in [0.15, 0.2) is 12.5 Å². The van der Waals surface area contributed by atoms with Crippen molar-refractivity contribution in [2.75, 3.05) is 0 Å². The third-order valence-electron chi connectivity index (χ3n) is 0.768. The van der Waals surface area contributed by atoms with Crippen molar-refractivity contribution >= 4 is 0 Å². The molecule has 2 radical (unpaired) electrons. The second-order valence-electron chi connectivity index (χ2n) is 1.22. The second kappa shape index (κ2) is 1.78. The molecule has 0 aliphatic carbocycles. The molecule has 1 aromatic heterocycles. The molecule has 0 fully saturated rings. The third kappa shape index (κ3) is 0.796. The van der Waals surface area contributed by atoms with Gasteiger partial charge in [-0.15, -0.1) is 0 Å². The molecule has 1 heterocycles. The fraction of sp³-hybridized carbons (Fsp3) is 0.200. The molecule has 0 spiro atoms. The van der Waals surface area contributed by atoms with Gasteiger partial charge in [-0.25, -0.2) is 4.98 Å². The van der Waals surface area contributed by atoms with Crippen LogP contribution in [-0.2, 0) is 0 Å². The number of aromatic amines is 1. The van der Waals surface area contributed by atoms with Gasteiger partial charge in [-0.2, -0.15) is 0 Å². The van der Waals surface area contributed by atoms with Gasteiger partial charge in [-0.3, -0.25) is 0 Å². The largest absolute Gasteiger partial charge is 0.348 e. The van der Waals surface area contributed by atoms with E-state index in [0.717, 1.165) is 5.69 Å². The molecule has 1 rings (SSSR count). The molecule has 1 aromatic rings. The summed E-state index contributed by atoms with van der Waals surface area (Å²) in [5, 5.41) is 0. The van der Waals surface area contributed by atoms with Crippen molar-refractivity contribution in [2.45, 2.75) is 6.92 Å². The summed E-state index contributed by atoms with van der Waals surface area (Å²) in [6.45, 7) is 1.84. The van der Waals surface area contributed by atoms with E-state index in [-0.39, 0.29) is 0 Å². The molecule has 0 saturated carbocycles. The summed E-state index contributed by atoms with van der Waals surface area (Å²) < 4.78 is 0. The molecule has 0 amide bonds. The van der Waals surface area contributed by atoms with Crippen LogP contribution in [0.5, 0.6) is 0 Å². The van der Waals surface area contributed by atoms with E-state index < -0.39 is 0 Å². The lowest BCUT2D eigenvalue weighted by molar-refractivity contribution is 1.25. The van der Waals surface area contributed by atoms with E-state index >= 15 is 0 Å². The minimum Gasteiger partial charge on any atom is -0.348 e. The monoisotopic (exact) mass is 94.1 g/mol. The Morgan fingerprint density at radius 2 is 2.71 bits per heavy atom. The zero-order chi connectivity index (χ0) is 5.11. The van der Waals surface area contributed by atoms with Gasteiger partial charge in [-0.05, 0) is 0 Å². The first-order valence-electron chi connectivity index (χ1n) is 2.09. The molecule has 0 aliphatic heterocycles. The molecular weight excluding hydrogens is 88.1 g/mol. The number of rotatable bonds is 1. The predicted octanol–water partition coefficient (Wildman–Crippen LogP) is 0.859. The van der Waals surface area contributed by atoms with Crippen LogP contribution in [0, 0.1) is 6.42 Å². The first-order chi connectivity index (χ1) is 3.43. The fourth-order valence-electron chi connectivity index (χ4n) is 0.393. The van der Waals surface area contributed by atoms with E-state index in [1.54, 1.807) is 12.5 Å². The van der Waals surface area contributed by atoms with Gasteiger partial charge < -0.3 is 4.98 Å². The molecule has 0 saturated heterocycles. The average molecular weight is 94.1 g/mol. The van der Waals surface area contributed by atoms with Gasteiger partial charge in [-0.1, -0.05) is 6.92 Å². The van der Waals surface area contributed by atoms with Crippen LogP contribution < -0.4 is 0 Å². The normalized spacial score (nSPS) is 9.29. The average Bonchev–Trinajstić information content (AvgIpc) is 2.14. The quantitative estimate of drug-likeness (QED) is 0.549. The Morgan fingerprint density at radius 1 is 1.86 bits per heavy atom. The lowest BCUT2D eigenvalue weighted by atomic mass is 10.4. The highest BCUT2D eigenvalue weighted by Gasteiger charge is 1.83. The van der Waals surface area contributed by atoms with Crippen LogP contribution in [0.4, 0.5) is 0 Å². The van der Waals surface area contributed by atoms with E-state index in [1.165, 1.54) is 0 Å². The molecule has 0 aliphatic rings. The highest BCUT2D eigenvalue weighted by Crippen LogP contribution is 1.90. The first-order valence-corrected chi connectivity index (χ1v) is 2.09. The Bertz CT molecular complexity index is 121. The van der Waals surface area contributed by atoms with Crippen LogP contribution in [0.3, 0.4) is 0 Å². The van der Waals surface area contributed by atoms with Gasteiger partial charge in [0.1, 0.15) is 0 Å². The van der Waals surface area contributed by atoms with Crippen LogP contribution in [0.25, 0.3) is 0 Å². The standard InChI is InChI=1S/C5H6N2/c1-2-5-3-6-4-7-5/h3-4H,1H3,(H,6,7). The number of H-pyrrole nitrogens is 1. The van der Waals surface area contributed by atoms with E-state index in [4.69, 9.17) is 0 Å². The molecule has 1 N–H and O–H groups in total. The third-order valence-corrected chi connectivity index (χ3v) is 0.768. The summed E-state index contributed by atoms with van der Waals surface area (Å²) in [4.78, 5) is 6.64. The highest BCUT2D eigenvalue weighted by atomic mass is 14.8. The molecule has 2 nitrogen and oxygen atoms in total. The van der Waals surface area contributed by atoms with Gasteiger partial charge >= 0.3 is 0 Å². The second-order valence-corrected chi connectivity index (χ2v) is 1.22. The number of nitrogens with one attached hydrogen (secondary N) is 1. The maximum absolute atomic E-state index is 3.77. The van der Waals surface area contributed by atoms with Crippen LogP contribution in [0.2, 0.25) is 0 Å². The summed E-state index contributed by atoms with van der Waals surface area (Å²) in [6.07, 6.45) is 6.24. The van der Waals surface area contributed by atoms with Crippen molar-refractivity contribution in [3.05, 3.63) is 24.6 Å². The first kappa shape index (κ1) is 4.37. The molecule has 0 bridgehead atoms. The van der Waals surface area contributed by atoms with Crippen LogP contribution >= 0.6 is 0 Å². The van der Waals surface area contributed by atoms with Gasteiger partial charge in [0.25, 0.3) is 0 Å². The number of hydrogen-bond acceptors (Lipinski definition) is 1. The summed E-state index contributed by atoms with van der Waals surface area (Å²) >= 11 is 0. The van der Waals surface area contributed by atoms with Gasteiger partial charge in [0.05, 0.1) is 6.33 Å². The lowest BCUT2D eigenvalue weighted by Crippen LogP contribution is -1.70. The van der Waals surface area contributed by atoms with Gasteiger partial charge in [0.2, 0.25) is 0 Å². The number of imidazole rings is 1. The van der Waals surface area contributed by atoms with E-state index in [2.05, 4.69) is 16.4 Å². The topological polar surface area (TPSA) is 28.7 Å². The Hall–Kier alpha value is -0.790. The molecule has 0 atom stereocenters. The molecule has 36 valence electrons. The smallest absolute Gasteiger partial charge is 0.0921 e. The van der Waals surface area contributed by atoms with Crippen LogP contribution in [0.1, 0.15) is 12.6 Å². The lowest BCUT2D eigenvalue weighted by Gasteiger charge is -1.77. The molecule has 2 heteroatoms. The molecule has 0 unspecified atom stereocenters. The Balaban J connectivity index is 2.76. The fourth-order valence-corrected chi connectivity index (χ4v) is 0.393. The molecular formula is C5H6N2. The highest BCUT2D eigenvalue weighted by molar-refractivity contribution is 5.04. The van der Waals surface area contributed by atoms with Crippen molar-refractivity contribution in [1.29, 1.82) is 0 Å². The summed E-state index contributed by atoms with van der Waals surface area (Å²) in [6, 6.07) is 0. The van der Waals surface area contributed by atoms with E-state index in [9.17, 15) is 0 Å². The summed E-state index contributed by atoms with van der Waals surface area (Å²) in [5.74, 6) is 0. The number of aromatic nitrogens is 2. The van der Waals surface area contributed by atoms with Crippen molar-refractivity contribution in [2.24, 2.45) is 0 Å². The SMILES string of the molecule is C[C]c1cnc[nH]1. The maximum atomic E-state index is 3.77. The Morgan fingerprint density at radius 3 is 3.00 bits per heavy atom. The van der Waals surface area contributed by atoms with E-state index in [1.807, 2.05) is 6.92 Å². The number of hydrogen-bond donors (Lipinski definition) is 1. The van der Waals surface area contributed by atoms with Crippen LogP contribution in [-0.4, -0.2) is 9.97 Å². The van der Waals surface area contributed by atoms with Gasteiger partial charge in [0, 0.05) is 18.3 Å². The van der Waals surface area contributed by atoms with E-state index in [0.29, 0.717) is 0 Å². The minimum atomic E-state index is 0.944. The van der Waals surface area contributed by atoms with Crippen molar-refractivity contribution in [1.82, 2.24) is 9.97 Å². The minimum absolute atomic E-state index is 0.944. The Kier molecular flexibility index (Phi) is 1.11. The zero-order valence-electron chi connectivity index (χ0n) is 4.10. The Labute approximate surface area is 42.6 Å². The molecule has 0 aromatic carbocycles. The van der Waals surface area contributed by atoms with Crippen molar-refractivity contribution in [3.63, 3.8) is 0 Å². The molecule has 7 heavy (non-hydrogen) atoms. The predicted molar refractivity (Wildman–Crippen MR) is 26.6 cm³/mol. The summed E-state index contributed by atoms with van der Waals surface area (Å²) in [5.41, 5.74) is 0.944. The summed E-state index contributed by atoms with van der Waals surface area (Å²) in [7, 11) is 0.